The highest BCUT2D eigenvalue weighted by Crippen LogP contribution is 2.47. The molecule has 2 heterocycles. The molecule has 1 atom stereocenters. The third-order valence-electron chi connectivity index (χ3n) is 4.62. The van der Waals surface area contributed by atoms with Crippen LogP contribution in [0.2, 0.25) is 0 Å². The van der Waals surface area contributed by atoms with E-state index in [1.807, 2.05) is 0 Å². The van der Waals surface area contributed by atoms with Crippen LogP contribution in [0.25, 0.3) is 0 Å². The largest absolute Gasteiger partial charge is 0.366 e. The normalized spacial score (nSPS) is 31.3. The van der Waals surface area contributed by atoms with E-state index in [9.17, 15) is 0 Å². The molecule has 0 saturated carbocycles. The summed E-state index contributed by atoms with van der Waals surface area (Å²) in [6, 6.07) is 0. The first-order valence-corrected chi connectivity index (χ1v) is 7.28. The molecule has 2 fully saturated rings. The van der Waals surface area contributed by atoms with Gasteiger partial charge in [0.2, 0.25) is 0 Å². The summed E-state index contributed by atoms with van der Waals surface area (Å²) < 4.78 is 17.7. The second kappa shape index (κ2) is 5.31. The first kappa shape index (κ1) is 15.8. The third-order valence-corrected chi connectivity index (χ3v) is 4.62. The second-order valence-electron chi connectivity index (χ2n) is 7.22. The van der Waals surface area contributed by atoms with E-state index in [1.54, 1.807) is 0 Å². The van der Waals surface area contributed by atoms with Crippen LogP contribution in [0.1, 0.15) is 40.5 Å². The Hall–Kier alpha value is -0.600. The maximum absolute atomic E-state index is 6.21. The summed E-state index contributed by atoms with van der Waals surface area (Å²) in [6.07, 6.45) is 6.90. The molecule has 2 aliphatic heterocycles. The van der Waals surface area contributed by atoms with Gasteiger partial charge in [-0.15, -0.1) is 6.42 Å². The molecule has 0 radical (unpaired) electrons. The van der Waals surface area contributed by atoms with Gasteiger partial charge in [-0.05, 0) is 34.7 Å². The fourth-order valence-corrected chi connectivity index (χ4v) is 3.57. The van der Waals surface area contributed by atoms with Crippen molar-refractivity contribution in [2.45, 2.75) is 63.5 Å². The fourth-order valence-electron chi connectivity index (χ4n) is 3.57. The van der Waals surface area contributed by atoms with Gasteiger partial charge in [0.1, 0.15) is 12.7 Å². The van der Waals surface area contributed by atoms with Crippen molar-refractivity contribution in [3.63, 3.8) is 0 Å². The lowest BCUT2D eigenvalue weighted by atomic mass is 9.76. The first-order chi connectivity index (χ1) is 9.21. The molecule has 0 aromatic carbocycles. The van der Waals surface area contributed by atoms with Crippen LogP contribution < -0.4 is 0 Å². The van der Waals surface area contributed by atoms with Gasteiger partial charge in [-0.2, -0.15) is 0 Å². The molecule has 4 nitrogen and oxygen atoms in total. The topological polar surface area (TPSA) is 30.9 Å². The summed E-state index contributed by atoms with van der Waals surface area (Å²) in [6.45, 7) is 10.4. The van der Waals surface area contributed by atoms with Crippen molar-refractivity contribution in [2.75, 3.05) is 26.9 Å². The Kier molecular flexibility index (Phi) is 4.19. The predicted molar refractivity (Wildman–Crippen MR) is 78.4 cm³/mol. The van der Waals surface area contributed by atoms with Gasteiger partial charge in [-0.25, -0.2) is 0 Å². The Labute approximate surface area is 122 Å². The molecular weight excluding hydrogens is 254 g/mol. The van der Waals surface area contributed by atoms with Gasteiger partial charge in [0.25, 0.3) is 0 Å². The number of nitrogens with zero attached hydrogens (tertiary/aromatic N) is 1. The number of hydrogen-bond acceptors (Lipinski definition) is 4. The number of piperidine rings is 1. The molecule has 20 heavy (non-hydrogen) atoms. The van der Waals surface area contributed by atoms with Crippen LogP contribution in [-0.2, 0) is 14.2 Å². The molecule has 0 amide bonds. The standard InChI is InChI=1S/C16H27NO3/c1-7-8-18-9-13-10-19-16(20-13)11-14(2,3)17(6)15(4,5)12-16/h1,13H,8-12H2,2-6H3. The quantitative estimate of drug-likeness (QED) is 0.585. The lowest BCUT2D eigenvalue weighted by Crippen LogP contribution is -2.64. The van der Waals surface area contributed by atoms with E-state index in [0.29, 0.717) is 19.8 Å². The summed E-state index contributed by atoms with van der Waals surface area (Å²) in [7, 11) is 2.18. The van der Waals surface area contributed by atoms with Gasteiger partial charge in [0, 0.05) is 23.9 Å². The number of rotatable bonds is 3. The lowest BCUT2D eigenvalue weighted by Gasteiger charge is -2.56. The summed E-state index contributed by atoms with van der Waals surface area (Å²) in [5.41, 5.74) is 0.0760. The molecule has 0 aliphatic carbocycles. The highest BCUT2D eigenvalue weighted by molar-refractivity contribution is 5.04. The van der Waals surface area contributed by atoms with Gasteiger partial charge >= 0.3 is 0 Å². The summed E-state index contributed by atoms with van der Waals surface area (Å²) in [5, 5.41) is 0. The van der Waals surface area contributed by atoms with Crippen LogP contribution in [-0.4, -0.2) is 54.7 Å². The highest BCUT2D eigenvalue weighted by atomic mass is 16.8. The van der Waals surface area contributed by atoms with E-state index in [1.165, 1.54) is 0 Å². The molecule has 2 aliphatic rings. The molecule has 4 heteroatoms. The maximum atomic E-state index is 6.21. The van der Waals surface area contributed by atoms with Crippen LogP contribution in [0.15, 0.2) is 0 Å². The van der Waals surface area contributed by atoms with Crippen LogP contribution in [0.5, 0.6) is 0 Å². The van der Waals surface area contributed by atoms with E-state index in [-0.39, 0.29) is 17.2 Å². The maximum Gasteiger partial charge on any atom is 0.172 e. The number of ether oxygens (including phenoxy) is 3. The van der Waals surface area contributed by atoms with Crippen molar-refractivity contribution in [3.8, 4) is 12.3 Å². The van der Waals surface area contributed by atoms with E-state index in [4.69, 9.17) is 20.6 Å². The zero-order chi connectivity index (χ0) is 15.0. The Morgan fingerprint density at radius 3 is 2.40 bits per heavy atom. The molecule has 0 N–H and O–H groups in total. The molecule has 1 spiro atoms. The highest BCUT2D eigenvalue weighted by Gasteiger charge is 2.55. The Morgan fingerprint density at radius 1 is 1.25 bits per heavy atom. The Morgan fingerprint density at radius 2 is 1.85 bits per heavy atom. The van der Waals surface area contributed by atoms with Crippen molar-refractivity contribution in [1.29, 1.82) is 0 Å². The molecular formula is C16H27NO3. The lowest BCUT2D eigenvalue weighted by molar-refractivity contribution is -0.244. The SMILES string of the molecule is C#CCOCC1COC2(CC(C)(C)N(C)C(C)(C)C2)O1. The van der Waals surface area contributed by atoms with Crippen molar-refractivity contribution in [3.05, 3.63) is 0 Å². The number of terminal acetylenes is 1. The molecule has 0 bridgehead atoms. The number of likely N-dealkylation sites (tertiary alicyclic amines) is 1. The van der Waals surface area contributed by atoms with Gasteiger partial charge < -0.3 is 14.2 Å². The van der Waals surface area contributed by atoms with Crippen LogP contribution >= 0.6 is 0 Å². The van der Waals surface area contributed by atoms with E-state index in [2.05, 4.69) is 45.6 Å². The Bertz CT molecular complexity index is 379. The molecule has 1 unspecified atom stereocenters. The average molecular weight is 281 g/mol. The second-order valence-corrected chi connectivity index (χ2v) is 7.22. The minimum Gasteiger partial charge on any atom is -0.366 e. The fraction of sp³-hybridized carbons (Fsp3) is 0.875. The van der Waals surface area contributed by atoms with E-state index < -0.39 is 5.79 Å². The third kappa shape index (κ3) is 3.01. The molecule has 0 aromatic rings. The van der Waals surface area contributed by atoms with Crippen molar-refractivity contribution in [1.82, 2.24) is 4.90 Å². The van der Waals surface area contributed by atoms with Gasteiger partial charge in [-0.1, -0.05) is 5.92 Å². The smallest absolute Gasteiger partial charge is 0.172 e. The minimum absolute atomic E-state index is 0.0154. The van der Waals surface area contributed by atoms with Crippen LogP contribution in [0, 0.1) is 12.3 Å². The van der Waals surface area contributed by atoms with Gasteiger partial charge in [0.05, 0.1) is 13.2 Å². The van der Waals surface area contributed by atoms with Gasteiger partial charge in [0.15, 0.2) is 5.79 Å². The molecule has 0 aromatic heterocycles. The minimum atomic E-state index is -0.482. The van der Waals surface area contributed by atoms with Gasteiger partial charge in [-0.3, -0.25) is 4.90 Å². The Balaban J connectivity index is 2.04. The zero-order valence-corrected chi connectivity index (χ0v) is 13.4. The summed E-state index contributed by atoms with van der Waals surface area (Å²) in [5.74, 6) is 1.99. The van der Waals surface area contributed by atoms with Crippen molar-refractivity contribution < 1.29 is 14.2 Å². The average Bonchev–Trinajstić information content (AvgIpc) is 2.68. The van der Waals surface area contributed by atoms with E-state index in [0.717, 1.165) is 12.8 Å². The summed E-state index contributed by atoms with van der Waals surface area (Å²) >= 11 is 0. The van der Waals surface area contributed by atoms with Crippen LogP contribution in [0.3, 0.4) is 0 Å². The number of hydrogen-bond donors (Lipinski definition) is 0. The first-order valence-electron chi connectivity index (χ1n) is 7.28. The molecule has 114 valence electrons. The van der Waals surface area contributed by atoms with Crippen molar-refractivity contribution in [2.24, 2.45) is 0 Å². The molecule has 2 rings (SSSR count). The predicted octanol–water partition coefficient (Wildman–Crippen LogP) is 2.03. The molecule has 2 saturated heterocycles. The monoisotopic (exact) mass is 281 g/mol. The van der Waals surface area contributed by atoms with E-state index >= 15 is 0 Å². The van der Waals surface area contributed by atoms with Crippen molar-refractivity contribution >= 4 is 0 Å². The zero-order valence-electron chi connectivity index (χ0n) is 13.4. The summed E-state index contributed by atoms with van der Waals surface area (Å²) in [4.78, 5) is 2.42. The van der Waals surface area contributed by atoms with Crippen LogP contribution in [0.4, 0.5) is 0 Å².